The van der Waals surface area contributed by atoms with Gasteiger partial charge < -0.3 is 4.74 Å². The number of rotatable bonds is 7. The van der Waals surface area contributed by atoms with Gasteiger partial charge in [0, 0.05) is 24.7 Å². The Labute approximate surface area is 115 Å². The third-order valence-electron chi connectivity index (χ3n) is 2.98. The van der Waals surface area contributed by atoms with Crippen LogP contribution in [0.4, 0.5) is 0 Å². The average Bonchev–Trinajstić information content (AvgIpc) is 2.39. The molecule has 0 heterocycles. The maximum Gasteiger partial charge on any atom is 0.279 e. The quantitative estimate of drug-likeness (QED) is 0.833. The lowest BCUT2D eigenvalue weighted by molar-refractivity contribution is 0.401. The lowest BCUT2D eigenvalue weighted by Gasteiger charge is -2.23. The fraction of sp³-hybridized carbons (Fsp3) is 0.538. The van der Waals surface area contributed by atoms with Gasteiger partial charge in [0.2, 0.25) is 0 Å². The lowest BCUT2D eigenvalue weighted by Crippen LogP contribution is -2.41. The summed E-state index contributed by atoms with van der Waals surface area (Å²) in [7, 11) is -1.89. The first-order valence-electron chi connectivity index (χ1n) is 6.36. The van der Waals surface area contributed by atoms with Gasteiger partial charge >= 0.3 is 0 Å². The van der Waals surface area contributed by atoms with Gasteiger partial charge in [0.05, 0.1) is 7.11 Å². The van der Waals surface area contributed by atoms with Gasteiger partial charge in [-0.15, -0.1) is 0 Å². The van der Waals surface area contributed by atoms with Gasteiger partial charge in [0.15, 0.2) is 0 Å². The van der Waals surface area contributed by atoms with E-state index in [1.807, 2.05) is 38.1 Å². The summed E-state index contributed by atoms with van der Waals surface area (Å²) in [5.41, 5.74) is 0.820. The van der Waals surface area contributed by atoms with E-state index in [-0.39, 0.29) is 6.04 Å². The highest BCUT2D eigenvalue weighted by molar-refractivity contribution is 7.87. The van der Waals surface area contributed by atoms with Gasteiger partial charge in [-0.25, -0.2) is 0 Å². The van der Waals surface area contributed by atoms with Crippen molar-refractivity contribution < 1.29 is 13.2 Å². The van der Waals surface area contributed by atoms with E-state index >= 15 is 0 Å². The van der Waals surface area contributed by atoms with Gasteiger partial charge in [0.25, 0.3) is 10.2 Å². The zero-order valence-electron chi connectivity index (χ0n) is 11.9. The van der Waals surface area contributed by atoms with Crippen molar-refractivity contribution in [3.63, 3.8) is 0 Å². The molecule has 0 aromatic heterocycles. The maximum atomic E-state index is 12.2. The van der Waals surface area contributed by atoms with Gasteiger partial charge in [-0.1, -0.05) is 32.0 Å². The molecule has 0 saturated carbocycles. The Kier molecular flexibility index (Phi) is 5.78. The average molecular weight is 286 g/mol. The third-order valence-corrected chi connectivity index (χ3v) is 4.82. The molecule has 1 rings (SSSR count). The summed E-state index contributed by atoms with van der Waals surface area (Å²) in [5.74, 6) is 0.678. The second kappa shape index (κ2) is 6.88. The van der Waals surface area contributed by atoms with Crippen LogP contribution in [-0.2, 0) is 10.2 Å². The molecule has 5 nitrogen and oxygen atoms in total. The normalized spacial score (nSPS) is 13.5. The minimum absolute atomic E-state index is 0.346. The summed E-state index contributed by atoms with van der Waals surface area (Å²) in [6, 6.07) is 7.04. The molecule has 0 aliphatic rings. The molecular weight excluding hydrogens is 264 g/mol. The molecule has 6 heteroatoms. The first-order valence-corrected chi connectivity index (χ1v) is 7.80. The van der Waals surface area contributed by atoms with Crippen LogP contribution in [0.25, 0.3) is 0 Å². The number of nitrogens with zero attached hydrogens (tertiary/aromatic N) is 1. The van der Waals surface area contributed by atoms with E-state index < -0.39 is 10.2 Å². The molecule has 0 radical (unpaired) electrons. The first-order chi connectivity index (χ1) is 8.96. The molecular formula is C13H22N2O3S. The van der Waals surface area contributed by atoms with Gasteiger partial charge in [-0.2, -0.15) is 17.4 Å². The van der Waals surface area contributed by atoms with E-state index in [1.54, 1.807) is 14.0 Å². The molecule has 0 amide bonds. The minimum atomic E-state index is -3.47. The minimum Gasteiger partial charge on any atom is -0.496 e. The highest BCUT2D eigenvalue weighted by Gasteiger charge is 2.22. The number of para-hydroxylation sites is 1. The fourth-order valence-electron chi connectivity index (χ4n) is 1.95. The van der Waals surface area contributed by atoms with Crippen molar-refractivity contribution in [2.24, 2.45) is 0 Å². The highest BCUT2D eigenvalue weighted by atomic mass is 32.2. The summed E-state index contributed by atoms with van der Waals surface area (Å²) < 4.78 is 33.6. The van der Waals surface area contributed by atoms with Crippen LogP contribution in [0, 0.1) is 0 Å². The first kappa shape index (κ1) is 15.9. The van der Waals surface area contributed by atoms with Crippen molar-refractivity contribution in [2.45, 2.75) is 26.8 Å². The smallest absolute Gasteiger partial charge is 0.279 e. The van der Waals surface area contributed by atoms with Crippen molar-refractivity contribution in [2.75, 3.05) is 20.2 Å². The van der Waals surface area contributed by atoms with Crippen LogP contribution >= 0.6 is 0 Å². The van der Waals surface area contributed by atoms with E-state index in [0.717, 1.165) is 5.56 Å². The van der Waals surface area contributed by atoms with Gasteiger partial charge in [-0.05, 0) is 13.0 Å². The van der Waals surface area contributed by atoms with Crippen LogP contribution in [0.15, 0.2) is 24.3 Å². The van der Waals surface area contributed by atoms with E-state index in [1.165, 1.54) is 4.31 Å². The largest absolute Gasteiger partial charge is 0.496 e. The van der Waals surface area contributed by atoms with Crippen molar-refractivity contribution in [1.29, 1.82) is 0 Å². The van der Waals surface area contributed by atoms with Crippen molar-refractivity contribution in [3.8, 4) is 5.75 Å². The van der Waals surface area contributed by atoms with Crippen molar-refractivity contribution in [3.05, 3.63) is 29.8 Å². The van der Waals surface area contributed by atoms with Crippen LogP contribution in [0.1, 0.15) is 32.4 Å². The Hall–Kier alpha value is -1.11. The molecule has 1 N–H and O–H groups in total. The summed E-state index contributed by atoms with van der Waals surface area (Å²) >= 11 is 0. The number of hydrogen-bond donors (Lipinski definition) is 1. The molecule has 0 aliphatic carbocycles. The van der Waals surface area contributed by atoms with Gasteiger partial charge in [0.1, 0.15) is 5.75 Å². The Morgan fingerprint density at radius 3 is 2.37 bits per heavy atom. The monoisotopic (exact) mass is 286 g/mol. The SMILES string of the molecule is CCN(CC)S(=O)(=O)N[C@H](C)c1ccccc1OC. The molecule has 0 aliphatic heterocycles. The second-order valence-corrected chi connectivity index (χ2v) is 5.87. The topological polar surface area (TPSA) is 58.6 Å². The Morgan fingerprint density at radius 2 is 1.84 bits per heavy atom. The summed E-state index contributed by atoms with van der Waals surface area (Å²) in [4.78, 5) is 0. The molecule has 0 saturated heterocycles. The van der Waals surface area contributed by atoms with E-state index in [9.17, 15) is 8.42 Å². The molecule has 0 bridgehead atoms. The van der Waals surface area contributed by atoms with Crippen LogP contribution in [0.2, 0.25) is 0 Å². The van der Waals surface area contributed by atoms with Crippen molar-refractivity contribution in [1.82, 2.24) is 9.03 Å². The van der Waals surface area contributed by atoms with Crippen LogP contribution in [0.5, 0.6) is 5.75 Å². The van der Waals surface area contributed by atoms with Crippen molar-refractivity contribution >= 4 is 10.2 Å². The van der Waals surface area contributed by atoms with Crippen LogP contribution < -0.4 is 9.46 Å². The fourth-order valence-corrected chi connectivity index (χ4v) is 3.35. The standard InChI is InChI=1S/C13H22N2O3S/c1-5-15(6-2)19(16,17)14-11(3)12-9-7-8-10-13(12)18-4/h7-11,14H,5-6H2,1-4H3/t11-/m1/s1. The van der Waals surface area contributed by atoms with E-state index in [0.29, 0.717) is 18.8 Å². The van der Waals surface area contributed by atoms with Crippen LogP contribution in [0.3, 0.4) is 0 Å². The Balaban J connectivity index is 2.93. The number of nitrogens with one attached hydrogen (secondary N) is 1. The molecule has 0 spiro atoms. The zero-order chi connectivity index (χ0) is 14.5. The summed E-state index contributed by atoms with van der Waals surface area (Å²) in [6.45, 7) is 6.33. The van der Waals surface area contributed by atoms with Gasteiger partial charge in [-0.3, -0.25) is 0 Å². The molecule has 0 fully saturated rings. The molecule has 19 heavy (non-hydrogen) atoms. The predicted octanol–water partition coefficient (Wildman–Crippen LogP) is 1.93. The summed E-state index contributed by atoms with van der Waals surface area (Å²) in [5, 5.41) is 0. The van der Waals surface area contributed by atoms with Crippen LogP contribution in [-0.4, -0.2) is 32.9 Å². The lowest BCUT2D eigenvalue weighted by atomic mass is 10.1. The highest BCUT2D eigenvalue weighted by Crippen LogP contribution is 2.25. The molecule has 1 aromatic carbocycles. The number of methoxy groups -OCH3 is 1. The Bertz CT molecular complexity index is 498. The van der Waals surface area contributed by atoms with E-state index in [2.05, 4.69) is 4.72 Å². The van der Waals surface area contributed by atoms with E-state index in [4.69, 9.17) is 4.74 Å². The molecule has 1 atom stereocenters. The summed E-state index contributed by atoms with van der Waals surface area (Å²) in [6.07, 6.45) is 0. The number of ether oxygens (including phenoxy) is 1. The zero-order valence-corrected chi connectivity index (χ0v) is 12.7. The molecule has 108 valence electrons. The predicted molar refractivity (Wildman–Crippen MR) is 76.4 cm³/mol. The number of hydrogen-bond acceptors (Lipinski definition) is 3. The molecule has 0 unspecified atom stereocenters. The third kappa shape index (κ3) is 3.92. The number of benzene rings is 1. The molecule has 1 aromatic rings. The second-order valence-electron chi connectivity index (χ2n) is 4.17. The Morgan fingerprint density at radius 1 is 1.26 bits per heavy atom. The maximum absolute atomic E-state index is 12.2.